The summed E-state index contributed by atoms with van der Waals surface area (Å²) in [6.45, 7) is 10.5. The van der Waals surface area contributed by atoms with Gasteiger partial charge in [0, 0.05) is 12.1 Å². The third kappa shape index (κ3) is 5.18. The Bertz CT molecular complexity index is 1140. The molecule has 0 aromatic heterocycles. The van der Waals surface area contributed by atoms with Crippen LogP contribution in [0.4, 0.5) is 0 Å². The molecule has 2 aliphatic rings. The van der Waals surface area contributed by atoms with Crippen LogP contribution in [0.5, 0.6) is 17.2 Å². The zero-order valence-corrected chi connectivity index (χ0v) is 21.2. The summed E-state index contributed by atoms with van der Waals surface area (Å²) < 4.78 is 16.9. The third-order valence-corrected chi connectivity index (χ3v) is 6.61. The molecule has 0 aliphatic carbocycles. The first-order valence-corrected chi connectivity index (χ1v) is 12.6. The lowest BCUT2D eigenvalue weighted by Crippen LogP contribution is -2.33. The Morgan fingerprint density at radius 2 is 1.81 bits per heavy atom. The van der Waals surface area contributed by atoms with Crippen molar-refractivity contribution in [1.82, 2.24) is 9.80 Å². The van der Waals surface area contributed by atoms with Crippen LogP contribution in [0, 0.1) is 0 Å². The van der Waals surface area contributed by atoms with Crippen molar-refractivity contribution in [3.63, 3.8) is 0 Å². The molecule has 2 aliphatic heterocycles. The van der Waals surface area contributed by atoms with E-state index in [0.717, 1.165) is 19.6 Å². The fraction of sp³-hybridized carbons (Fsp3) is 0.429. The van der Waals surface area contributed by atoms with E-state index < -0.39 is 17.7 Å². The average Bonchev–Trinajstić information content (AvgIpc) is 3.16. The number of carbonyl (C=O) groups is 2. The topological polar surface area (TPSA) is 88.5 Å². The third-order valence-electron chi connectivity index (χ3n) is 6.61. The minimum atomic E-state index is -0.727. The van der Waals surface area contributed by atoms with E-state index in [1.165, 1.54) is 0 Å². The lowest BCUT2D eigenvalue weighted by atomic mass is 9.95. The minimum absolute atomic E-state index is 0.0631. The van der Waals surface area contributed by atoms with Gasteiger partial charge in [0.15, 0.2) is 11.5 Å². The molecule has 4 rings (SSSR count). The van der Waals surface area contributed by atoms with Gasteiger partial charge in [-0.25, -0.2) is 0 Å². The van der Waals surface area contributed by atoms with Gasteiger partial charge in [0.1, 0.15) is 24.7 Å². The number of rotatable bonds is 10. The second kappa shape index (κ2) is 11.5. The van der Waals surface area contributed by atoms with Crippen molar-refractivity contribution in [2.45, 2.75) is 33.2 Å². The molecule has 0 radical (unpaired) electrons. The Labute approximate surface area is 212 Å². The van der Waals surface area contributed by atoms with Crippen LogP contribution in [0.15, 0.2) is 48.0 Å². The maximum Gasteiger partial charge on any atom is 0.295 e. The molecular formula is C28H34N2O6. The van der Waals surface area contributed by atoms with Gasteiger partial charge in [0.25, 0.3) is 11.7 Å². The number of nitrogens with zero attached hydrogens (tertiary/aromatic N) is 2. The number of aliphatic hydroxyl groups excluding tert-OH is 1. The standard InChI is InChI=1S/C28H34N2O6/c1-4-29(5-2)13-8-14-30-25(19-9-7-10-21(17-19)34-6-3)24(27(32)28(30)33)26(31)20-11-12-22-23(18-20)36-16-15-35-22/h7,9-12,17-18,25,31H,4-6,8,13-16H2,1-3H3/t25-/m1/s1. The Kier molecular flexibility index (Phi) is 8.15. The summed E-state index contributed by atoms with van der Waals surface area (Å²) in [6.07, 6.45) is 0.709. The van der Waals surface area contributed by atoms with Crippen LogP contribution in [0.2, 0.25) is 0 Å². The molecule has 1 amide bonds. The number of carbonyl (C=O) groups excluding carboxylic acids is 2. The lowest BCUT2D eigenvalue weighted by Gasteiger charge is -2.27. The van der Waals surface area contributed by atoms with E-state index in [-0.39, 0.29) is 11.3 Å². The molecule has 1 fully saturated rings. The zero-order chi connectivity index (χ0) is 25.7. The Balaban J connectivity index is 1.75. The first kappa shape index (κ1) is 25.6. The van der Waals surface area contributed by atoms with Crippen molar-refractivity contribution in [1.29, 1.82) is 0 Å². The normalized spacial score (nSPS) is 18.7. The highest BCUT2D eigenvalue weighted by Gasteiger charge is 2.46. The minimum Gasteiger partial charge on any atom is -0.507 e. The number of likely N-dealkylation sites (tertiary alicyclic amines) is 1. The summed E-state index contributed by atoms with van der Waals surface area (Å²) in [6, 6.07) is 11.6. The number of hydrogen-bond acceptors (Lipinski definition) is 7. The molecule has 8 heteroatoms. The summed E-state index contributed by atoms with van der Waals surface area (Å²) in [5.41, 5.74) is 1.17. The first-order chi connectivity index (χ1) is 17.5. The molecule has 1 atom stereocenters. The number of ketones is 1. The van der Waals surface area contributed by atoms with Crippen molar-refractivity contribution in [3.8, 4) is 17.2 Å². The van der Waals surface area contributed by atoms with Gasteiger partial charge in [-0.1, -0.05) is 26.0 Å². The summed E-state index contributed by atoms with van der Waals surface area (Å²) in [5, 5.41) is 11.4. The molecule has 1 N–H and O–H groups in total. The van der Waals surface area contributed by atoms with E-state index >= 15 is 0 Å². The predicted molar refractivity (Wildman–Crippen MR) is 136 cm³/mol. The number of Topliss-reactive ketones (excluding diaryl/α,β-unsaturated/α-hetero) is 1. The summed E-state index contributed by atoms with van der Waals surface area (Å²) >= 11 is 0. The monoisotopic (exact) mass is 494 g/mol. The maximum absolute atomic E-state index is 13.3. The van der Waals surface area contributed by atoms with Gasteiger partial charge >= 0.3 is 0 Å². The predicted octanol–water partition coefficient (Wildman–Crippen LogP) is 4.01. The number of fused-ring (bicyclic) bond motifs is 1. The van der Waals surface area contributed by atoms with Crippen LogP contribution in [0.1, 0.15) is 44.4 Å². The van der Waals surface area contributed by atoms with Crippen LogP contribution < -0.4 is 14.2 Å². The second-order valence-corrected chi connectivity index (χ2v) is 8.74. The number of benzene rings is 2. The number of hydrogen-bond donors (Lipinski definition) is 1. The largest absolute Gasteiger partial charge is 0.507 e. The van der Waals surface area contributed by atoms with E-state index in [1.54, 1.807) is 23.1 Å². The number of aliphatic hydroxyl groups is 1. The van der Waals surface area contributed by atoms with E-state index in [0.29, 0.717) is 61.2 Å². The fourth-order valence-corrected chi connectivity index (χ4v) is 4.75. The SMILES string of the molecule is CCOc1cccc([C@@H]2C(=C(O)c3ccc4c(c3)OCCO4)C(=O)C(=O)N2CCCN(CC)CC)c1. The maximum atomic E-state index is 13.3. The highest BCUT2D eigenvalue weighted by Crippen LogP contribution is 2.41. The highest BCUT2D eigenvalue weighted by molar-refractivity contribution is 6.46. The van der Waals surface area contributed by atoms with Crippen molar-refractivity contribution in [2.75, 3.05) is 46.0 Å². The molecule has 2 aromatic rings. The summed E-state index contributed by atoms with van der Waals surface area (Å²) in [4.78, 5) is 30.4. The summed E-state index contributed by atoms with van der Waals surface area (Å²) in [7, 11) is 0. The van der Waals surface area contributed by atoms with Crippen LogP contribution in [0.3, 0.4) is 0 Å². The van der Waals surface area contributed by atoms with Gasteiger partial charge in [0.2, 0.25) is 0 Å². The first-order valence-electron chi connectivity index (χ1n) is 12.6. The Morgan fingerprint density at radius 3 is 2.53 bits per heavy atom. The molecule has 2 aromatic carbocycles. The molecule has 8 nitrogen and oxygen atoms in total. The molecule has 2 heterocycles. The molecule has 192 valence electrons. The van der Waals surface area contributed by atoms with Gasteiger partial charge in [0.05, 0.1) is 18.2 Å². The summed E-state index contributed by atoms with van der Waals surface area (Å²) in [5.74, 6) is 0.174. The van der Waals surface area contributed by atoms with E-state index in [4.69, 9.17) is 14.2 Å². The molecular weight excluding hydrogens is 460 g/mol. The molecule has 0 bridgehead atoms. The van der Waals surface area contributed by atoms with E-state index in [2.05, 4.69) is 18.7 Å². The van der Waals surface area contributed by atoms with Crippen molar-refractivity contribution >= 4 is 17.4 Å². The zero-order valence-electron chi connectivity index (χ0n) is 21.2. The van der Waals surface area contributed by atoms with Gasteiger partial charge in [-0.05, 0) is 68.9 Å². The Hall–Kier alpha value is -3.52. The van der Waals surface area contributed by atoms with E-state index in [9.17, 15) is 14.7 Å². The van der Waals surface area contributed by atoms with Gasteiger partial charge in [-0.15, -0.1) is 0 Å². The fourth-order valence-electron chi connectivity index (χ4n) is 4.75. The highest BCUT2D eigenvalue weighted by atomic mass is 16.6. The smallest absolute Gasteiger partial charge is 0.295 e. The number of amides is 1. The number of ether oxygens (including phenoxy) is 3. The van der Waals surface area contributed by atoms with Crippen LogP contribution in [0.25, 0.3) is 5.76 Å². The van der Waals surface area contributed by atoms with Crippen molar-refractivity contribution in [2.24, 2.45) is 0 Å². The van der Waals surface area contributed by atoms with Crippen LogP contribution in [-0.2, 0) is 9.59 Å². The molecule has 36 heavy (non-hydrogen) atoms. The second-order valence-electron chi connectivity index (χ2n) is 8.74. The van der Waals surface area contributed by atoms with Gasteiger partial charge < -0.3 is 29.1 Å². The molecule has 0 saturated carbocycles. The van der Waals surface area contributed by atoms with Crippen molar-refractivity contribution < 1.29 is 28.9 Å². The van der Waals surface area contributed by atoms with Crippen LogP contribution >= 0.6 is 0 Å². The molecule has 1 saturated heterocycles. The van der Waals surface area contributed by atoms with E-state index in [1.807, 2.05) is 31.2 Å². The van der Waals surface area contributed by atoms with Crippen LogP contribution in [-0.4, -0.2) is 72.6 Å². The van der Waals surface area contributed by atoms with Crippen molar-refractivity contribution in [3.05, 3.63) is 59.2 Å². The molecule has 0 spiro atoms. The average molecular weight is 495 g/mol. The van der Waals surface area contributed by atoms with Gasteiger partial charge in [-0.3, -0.25) is 9.59 Å². The quantitative estimate of drug-likeness (QED) is 0.303. The lowest BCUT2D eigenvalue weighted by molar-refractivity contribution is -0.140. The molecule has 0 unspecified atom stereocenters. The Morgan fingerprint density at radius 1 is 1.06 bits per heavy atom. The van der Waals surface area contributed by atoms with Gasteiger partial charge in [-0.2, -0.15) is 0 Å².